The van der Waals surface area contributed by atoms with Crippen molar-refractivity contribution in [2.45, 2.75) is 6.92 Å². The number of benzene rings is 2. The number of rotatable bonds is 2. The van der Waals surface area contributed by atoms with Gasteiger partial charge in [0.15, 0.2) is 17.5 Å². The van der Waals surface area contributed by atoms with Crippen molar-refractivity contribution in [2.24, 2.45) is 5.92 Å². The molecule has 104 valence electrons. The molecular formula is C17H13NO3. The Morgan fingerprint density at radius 3 is 2.00 bits per heavy atom. The summed E-state index contributed by atoms with van der Waals surface area (Å²) in [6.07, 6.45) is 0. The molecule has 2 aromatic rings. The molecule has 0 spiro atoms. The number of Topliss-reactive ketones (excluding diaryl/α,β-unsaturated/α-hetero) is 2. The molecule has 1 aliphatic carbocycles. The van der Waals surface area contributed by atoms with E-state index < -0.39 is 23.4 Å². The molecule has 1 amide bonds. The number of anilines is 1. The first-order chi connectivity index (χ1) is 10.1. The maximum absolute atomic E-state index is 12.3. The summed E-state index contributed by atoms with van der Waals surface area (Å²) in [4.78, 5) is 36.8. The van der Waals surface area contributed by atoms with Gasteiger partial charge in [-0.25, -0.2) is 0 Å². The van der Waals surface area contributed by atoms with E-state index in [1.165, 1.54) is 0 Å². The van der Waals surface area contributed by atoms with Crippen molar-refractivity contribution in [3.05, 3.63) is 65.2 Å². The Kier molecular flexibility index (Phi) is 3.14. The lowest BCUT2D eigenvalue weighted by Gasteiger charge is -2.10. The van der Waals surface area contributed by atoms with E-state index in [1.807, 2.05) is 19.1 Å². The zero-order valence-corrected chi connectivity index (χ0v) is 11.4. The van der Waals surface area contributed by atoms with E-state index in [2.05, 4.69) is 5.32 Å². The third kappa shape index (κ3) is 2.14. The predicted octanol–water partition coefficient (Wildman–Crippen LogP) is 2.63. The smallest absolute Gasteiger partial charge is 0.243 e. The maximum Gasteiger partial charge on any atom is 0.243 e. The maximum atomic E-state index is 12.3. The highest BCUT2D eigenvalue weighted by atomic mass is 16.2. The minimum Gasteiger partial charge on any atom is -0.325 e. The van der Waals surface area contributed by atoms with E-state index in [0.717, 1.165) is 5.56 Å². The summed E-state index contributed by atoms with van der Waals surface area (Å²) in [6.45, 7) is 1.85. The number of hydrogen-bond donors (Lipinski definition) is 1. The van der Waals surface area contributed by atoms with Crippen molar-refractivity contribution in [1.82, 2.24) is 0 Å². The molecule has 1 aliphatic rings. The number of carbonyl (C=O) groups is 3. The summed E-state index contributed by atoms with van der Waals surface area (Å²) in [5, 5.41) is 2.67. The highest BCUT2D eigenvalue weighted by Gasteiger charge is 2.43. The van der Waals surface area contributed by atoms with Gasteiger partial charge in [0.2, 0.25) is 5.91 Å². The van der Waals surface area contributed by atoms with Gasteiger partial charge in [0.05, 0.1) is 0 Å². The number of aryl methyl sites for hydroxylation is 1. The first-order valence-electron chi connectivity index (χ1n) is 6.63. The van der Waals surface area contributed by atoms with Crippen molar-refractivity contribution in [3.63, 3.8) is 0 Å². The van der Waals surface area contributed by atoms with Crippen LogP contribution in [0.1, 0.15) is 26.3 Å². The van der Waals surface area contributed by atoms with Gasteiger partial charge in [0, 0.05) is 16.8 Å². The Hall–Kier alpha value is -2.75. The number of para-hydroxylation sites is 1. The Bertz CT molecular complexity index is 729. The molecule has 21 heavy (non-hydrogen) atoms. The molecule has 0 aliphatic heterocycles. The number of amides is 1. The van der Waals surface area contributed by atoms with E-state index in [0.29, 0.717) is 16.8 Å². The summed E-state index contributed by atoms with van der Waals surface area (Å²) in [7, 11) is 0. The number of hydrogen-bond acceptors (Lipinski definition) is 3. The Labute approximate surface area is 121 Å². The molecule has 0 atom stereocenters. The number of ketones is 2. The fourth-order valence-corrected chi connectivity index (χ4v) is 2.50. The molecule has 2 aromatic carbocycles. The van der Waals surface area contributed by atoms with Gasteiger partial charge in [-0.1, -0.05) is 42.5 Å². The van der Waals surface area contributed by atoms with Crippen molar-refractivity contribution in [1.29, 1.82) is 0 Å². The van der Waals surface area contributed by atoms with Crippen LogP contribution in [0.15, 0.2) is 48.5 Å². The fourth-order valence-electron chi connectivity index (χ4n) is 2.50. The van der Waals surface area contributed by atoms with Crippen molar-refractivity contribution >= 4 is 23.2 Å². The van der Waals surface area contributed by atoms with Crippen molar-refractivity contribution in [2.75, 3.05) is 5.32 Å². The zero-order valence-electron chi connectivity index (χ0n) is 11.4. The molecule has 0 fully saturated rings. The second-order valence-electron chi connectivity index (χ2n) is 5.01. The van der Waals surface area contributed by atoms with Crippen LogP contribution in [-0.2, 0) is 4.79 Å². The topological polar surface area (TPSA) is 63.2 Å². The SMILES string of the molecule is Cc1ccccc1NC(=O)C1C(=O)c2ccccc2C1=O. The van der Waals surface area contributed by atoms with E-state index in [4.69, 9.17) is 0 Å². The molecule has 0 radical (unpaired) electrons. The average molecular weight is 279 g/mol. The summed E-state index contributed by atoms with van der Waals surface area (Å²) >= 11 is 0. The summed E-state index contributed by atoms with van der Waals surface area (Å²) < 4.78 is 0. The molecule has 0 saturated heterocycles. The highest BCUT2D eigenvalue weighted by molar-refractivity contribution is 6.36. The Morgan fingerprint density at radius 1 is 0.905 bits per heavy atom. The zero-order chi connectivity index (χ0) is 15.0. The van der Waals surface area contributed by atoms with Gasteiger partial charge in [0.1, 0.15) is 0 Å². The second kappa shape index (κ2) is 4.98. The fraction of sp³-hybridized carbons (Fsp3) is 0.118. The molecule has 4 heteroatoms. The van der Waals surface area contributed by atoms with Crippen molar-refractivity contribution in [3.8, 4) is 0 Å². The van der Waals surface area contributed by atoms with E-state index in [-0.39, 0.29) is 0 Å². The number of fused-ring (bicyclic) bond motifs is 1. The van der Waals surface area contributed by atoms with Gasteiger partial charge < -0.3 is 5.32 Å². The van der Waals surface area contributed by atoms with Crippen molar-refractivity contribution < 1.29 is 14.4 Å². The number of nitrogens with one attached hydrogen (secondary N) is 1. The van der Waals surface area contributed by atoms with Crippen LogP contribution in [0.3, 0.4) is 0 Å². The van der Waals surface area contributed by atoms with Crippen LogP contribution < -0.4 is 5.32 Å². The largest absolute Gasteiger partial charge is 0.325 e. The van der Waals surface area contributed by atoms with Gasteiger partial charge in [0.25, 0.3) is 0 Å². The van der Waals surface area contributed by atoms with Gasteiger partial charge in [-0.3, -0.25) is 14.4 Å². The highest BCUT2D eigenvalue weighted by Crippen LogP contribution is 2.28. The molecule has 0 bridgehead atoms. The molecule has 1 N–H and O–H groups in total. The Morgan fingerprint density at radius 2 is 1.43 bits per heavy atom. The van der Waals surface area contributed by atoms with E-state index in [9.17, 15) is 14.4 Å². The third-order valence-corrected chi connectivity index (χ3v) is 3.65. The lowest BCUT2D eigenvalue weighted by atomic mass is 10.0. The summed E-state index contributed by atoms with van der Waals surface area (Å²) in [5.74, 6) is -2.71. The Balaban J connectivity index is 1.89. The molecule has 0 aromatic heterocycles. The molecule has 0 unspecified atom stereocenters. The monoisotopic (exact) mass is 279 g/mol. The minimum atomic E-state index is -1.28. The normalized spacial score (nSPS) is 14.1. The lowest BCUT2D eigenvalue weighted by molar-refractivity contribution is -0.117. The van der Waals surface area contributed by atoms with Crippen LogP contribution in [-0.4, -0.2) is 17.5 Å². The molecule has 3 rings (SSSR count). The van der Waals surface area contributed by atoms with Gasteiger partial charge in [-0.05, 0) is 18.6 Å². The van der Waals surface area contributed by atoms with Crippen LogP contribution in [0, 0.1) is 12.8 Å². The van der Waals surface area contributed by atoms with E-state index in [1.54, 1.807) is 36.4 Å². The molecule has 0 saturated carbocycles. The van der Waals surface area contributed by atoms with Crippen LogP contribution in [0.2, 0.25) is 0 Å². The second-order valence-corrected chi connectivity index (χ2v) is 5.01. The van der Waals surface area contributed by atoms with Crippen LogP contribution in [0.5, 0.6) is 0 Å². The summed E-state index contributed by atoms with van der Waals surface area (Å²) in [6, 6.07) is 13.8. The minimum absolute atomic E-state index is 0.326. The van der Waals surface area contributed by atoms with Crippen LogP contribution in [0.25, 0.3) is 0 Å². The predicted molar refractivity (Wildman–Crippen MR) is 78.4 cm³/mol. The van der Waals surface area contributed by atoms with E-state index >= 15 is 0 Å². The lowest BCUT2D eigenvalue weighted by Crippen LogP contribution is -2.31. The average Bonchev–Trinajstić information content (AvgIpc) is 2.74. The van der Waals surface area contributed by atoms with Crippen LogP contribution in [0.4, 0.5) is 5.69 Å². The van der Waals surface area contributed by atoms with Gasteiger partial charge in [-0.2, -0.15) is 0 Å². The molecule has 4 nitrogen and oxygen atoms in total. The van der Waals surface area contributed by atoms with Gasteiger partial charge in [-0.15, -0.1) is 0 Å². The first kappa shape index (κ1) is 13.2. The third-order valence-electron chi connectivity index (χ3n) is 3.65. The van der Waals surface area contributed by atoms with Gasteiger partial charge >= 0.3 is 0 Å². The first-order valence-corrected chi connectivity index (χ1v) is 6.63. The number of carbonyl (C=O) groups excluding carboxylic acids is 3. The standard InChI is InChI=1S/C17H13NO3/c1-10-6-2-5-9-13(10)18-17(21)14-15(19)11-7-3-4-8-12(11)16(14)20/h2-9,14H,1H3,(H,18,21). The summed E-state index contributed by atoms with van der Waals surface area (Å²) in [5.41, 5.74) is 2.14. The molecule has 0 heterocycles. The van der Waals surface area contributed by atoms with Crippen LogP contribution >= 0.6 is 0 Å². The quantitative estimate of drug-likeness (QED) is 0.859. The molecular weight excluding hydrogens is 266 g/mol.